The molecule has 0 saturated heterocycles. The third-order valence-corrected chi connectivity index (χ3v) is 6.26. The number of rotatable bonds is 6. The lowest BCUT2D eigenvalue weighted by Crippen LogP contribution is -2.38. The predicted octanol–water partition coefficient (Wildman–Crippen LogP) is 4.92. The number of nitrogens with one attached hydrogen (secondary N) is 1. The van der Waals surface area contributed by atoms with E-state index in [2.05, 4.69) is 37.2 Å². The quantitative estimate of drug-likeness (QED) is 0.742. The van der Waals surface area contributed by atoms with Gasteiger partial charge in [-0.15, -0.1) is 0 Å². The molecule has 0 spiro atoms. The summed E-state index contributed by atoms with van der Waals surface area (Å²) in [5.74, 6) is 0.253. The third-order valence-electron chi connectivity index (χ3n) is 6.26. The molecule has 1 N–H and O–H groups in total. The van der Waals surface area contributed by atoms with E-state index in [1.165, 1.54) is 28.9 Å². The highest BCUT2D eigenvalue weighted by molar-refractivity contribution is 5.84. The topological polar surface area (TPSA) is 35.6 Å². The minimum atomic E-state index is -0.238. The minimum Gasteiger partial charge on any atom is -0.342 e. The van der Waals surface area contributed by atoms with Crippen molar-refractivity contribution in [2.45, 2.75) is 46.5 Å². The lowest BCUT2D eigenvalue weighted by molar-refractivity contribution is -0.134. The largest absolute Gasteiger partial charge is 0.342 e. The summed E-state index contributed by atoms with van der Waals surface area (Å²) in [6.07, 6.45) is 8.08. The number of anilines is 1. The molecule has 29 heavy (non-hydrogen) atoms. The van der Waals surface area contributed by atoms with Gasteiger partial charge in [-0.2, -0.15) is 0 Å². The molecule has 2 atom stereocenters. The van der Waals surface area contributed by atoms with Gasteiger partial charge in [0.1, 0.15) is 5.82 Å². The van der Waals surface area contributed by atoms with Crippen molar-refractivity contribution in [3.8, 4) is 0 Å². The molecule has 0 unspecified atom stereocenters. The van der Waals surface area contributed by atoms with E-state index in [-0.39, 0.29) is 17.7 Å². The first-order valence-electron chi connectivity index (χ1n) is 10.8. The van der Waals surface area contributed by atoms with Crippen LogP contribution in [-0.2, 0) is 4.79 Å². The molecule has 1 aliphatic heterocycles. The second kappa shape index (κ2) is 8.05. The fourth-order valence-electron chi connectivity index (χ4n) is 4.95. The first-order valence-corrected chi connectivity index (χ1v) is 10.8. The number of hydrogen-bond acceptors (Lipinski definition) is 3. The van der Waals surface area contributed by atoms with E-state index >= 15 is 0 Å². The van der Waals surface area contributed by atoms with Crippen molar-refractivity contribution in [2.24, 2.45) is 11.8 Å². The van der Waals surface area contributed by atoms with Gasteiger partial charge in [0.25, 0.3) is 0 Å². The third kappa shape index (κ3) is 3.47. The highest BCUT2D eigenvalue weighted by Crippen LogP contribution is 2.48. The molecule has 0 fully saturated rings. The zero-order valence-corrected chi connectivity index (χ0v) is 17.5. The van der Waals surface area contributed by atoms with Crippen LogP contribution in [0.2, 0.25) is 0 Å². The Morgan fingerprint density at radius 2 is 1.90 bits per heavy atom. The number of hydrogen-bond donors (Lipinski definition) is 1. The Labute approximate surface area is 172 Å². The van der Waals surface area contributed by atoms with E-state index in [9.17, 15) is 9.18 Å². The SMILES string of the molecule is CCCN(CCC)C(=O)[C@H]1CCC2=C1[C@@H](C)C1=CNN(c3ccc(F)cc3)C1=C2. The van der Waals surface area contributed by atoms with Crippen molar-refractivity contribution in [3.05, 3.63) is 64.8 Å². The molecule has 1 aromatic rings. The van der Waals surface area contributed by atoms with Crippen LogP contribution in [0.3, 0.4) is 0 Å². The number of fused-ring (bicyclic) bond motifs is 1. The highest BCUT2D eigenvalue weighted by atomic mass is 19.1. The number of carbonyl (C=O) groups is 1. The van der Waals surface area contributed by atoms with Crippen LogP contribution in [0.15, 0.2) is 59.0 Å². The average molecular weight is 396 g/mol. The van der Waals surface area contributed by atoms with E-state index in [0.29, 0.717) is 5.91 Å². The van der Waals surface area contributed by atoms with E-state index in [1.54, 1.807) is 12.1 Å². The fraction of sp³-hybridized carbons (Fsp3) is 0.458. The second-order valence-electron chi connectivity index (χ2n) is 8.19. The van der Waals surface area contributed by atoms with Gasteiger partial charge in [-0.1, -0.05) is 20.8 Å². The van der Waals surface area contributed by atoms with Crippen LogP contribution in [-0.4, -0.2) is 23.9 Å². The van der Waals surface area contributed by atoms with Crippen molar-refractivity contribution in [2.75, 3.05) is 18.1 Å². The zero-order chi connectivity index (χ0) is 20.5. The monoisotopic (exact) mass is 395 g/mol. The maximum Gasteiger partial charge on any atom is 0.229 e. The Hall–Kier alpha value is -2.56. The maximum atomic E-state index is 13.3. The van der Waals surface area contributed by atoms with Crippen molar-refractivity contribution >= 4 is 11.6 Å². The van der Waals surface area contributed by atoms with E-state index in [1.807, 2.05) is 11.2 Å². The summed E-state index contributed by atoms with van der Waals surface area (Å²) in [5, 5.41) is 2.00. The summed E-state index contributed by atoms with van der Waals surface area (Å²) in [5.41, 5.74) is 9.13. The van der Waals surface area contributed by atoms with Gasteiger partial charge in [-0.3, -0.25) is 9.80 Å². The Bertz CT molecular complexity index is 878. The minimum absolute atomic E-state index is 0.00308. The molecule has 154 valence electrons. The molecule has 1 aromatic carbocycles. The van der Waals surface area contributed by atoms with Gasteiger partial charge in [0.2, 0.25) is 5.91 Å². The van der Waals surface area contributed by atoms with Gasteiger partial charge >= 0.3 is 0 Å². The molecule has 0 saturated carbocycles. The van der Waals surface area contributed by atoms with E-state index in [0.717, 1.165) is 50.2 Å². The first kappa shape index (κ1) is 19.7. The van der Waals surface area contributed by atoms with Crippen molar-refractivity contribution in [1.29, 1.82) is 0 Å². The number of carbonyl (C=O) groups excluding carboxylic acids is 1. The van der Waals surface area contributed by atoms with Gasteiger partial charge in [0.05, 0.1) is 17.3 Å². The molecule has 3 aliphatic rings. The molecule has 5 heteroatoms. The molecular weight excluding hydrogens is 365 g/mol. The van der Waals surface area contributed by atoms with Crippen molar-refractivity contribution in [1.82, 2.24) is 10.3 Å². The van der Waals surface area contributed by atoms with E-state index < -0.39 is 0 Å². The molecule has 4 rings (SSSR count). The normalized spacial score (nSPS) is 22.7. The van der Waals surface area contributed by atoms with Crippen molar-refractivity contribution in [3.63, 3.8) is 0 Å². The molecule has 0 bridgehead atoms. The molecule has 2 aliphatic carbocycles. The summed E-state index contributed by atoms with van der Waals surface area (Å²) in [6.45, 7) is 8.15. The number of nitrogens with zero attached hydrogens (tertiary/aromatic N) is 2. The first-order chi connectivity index (χ1) is 14.0. The number of hydrazine groups is 1. The van der Waals surface area contributed by atoms with E-state index in [4.69, 9.17) is 0 Å². The molecule has 1 heterocycles. The van der Waals surface area contributed by atoms with Crippen molar-refractivity contribution < 1.29 is 9.18 Å². The molecule has 0 aromatic heterocycles. The molecule has 0 radical (unpaired) electrons. The summed E-state index contributed by atoms with van der Waals surface area (Å²) in [6, 6.07) is 6.52. The van der Waals surface area contributed by atoms with Gasteiger partial charge in [0.15, 0.2) is 0 Å². The number of halogens is 1. The van der Waals surface area contributed by atoms with Gasteiger partial charge < -0.3 is 10.3 Å². The summed E-state index contributed by atoms with van der Waals surface area (Å²) in [7, 11) is 0. The predicted molar refractivity (Wildman–Crippen MR) is 114 cm³/mol. The van der Waals surface area contributed by atoms with Crippen LogP contribution in [0.4, 0.5) is 10.1 Å². The molecular formula is C24H30FN3O. The second-order valence-corrected chi connectivity index (χ2v) is 8.19. The standard InChI is InChI=1S/C24H30FN3O/c1-4-12-27(13-5-2)24(29)20-11-6-17-14-22-21(16(3)23(17)20)15-26-28(22)19-9-7-18(25)8-10-19/h7-10,14-16,20,26H,4-6,11-13H2,1-3H3/t16-,20-/m0/s1. The number of benzene rings is 1. The van der Waals surface area contributed by atoms with Crippen LogP contribution in [0, 0.1) is 17.7 Å². The Morgan fingerprint density at radius 3 is 2.55 bits per heavy atom. The average Bonchev–Trinajstić information content (AvgIpc) is 3.33. The Kier molecular flexibility index (Phi) is 5.48. The van der Waals surface area contributed by atoms with Crippen LogP contribution in [0.1, 0.15) is 46.5 Å². The zero-order valence-electron chi connectivity index (χ0n) is 17.5. The number of allylic oxidation sites excluding steroid dienone is 3. The van der Waals surface area contributed by atoms with Gasteiger partial charge in [-0.25, -0.2) is 4.39 Å². The summed E-state index contributed by atoms with van der Waals surface area (Å²) >= 11 is 0. The smallest absolute Gasteiger partial charge is 0.229 e. The summed E-state index contributed by atoms with van der Waals surface area (Å²) < 4.78 is 13.3. The molecule has 1 amide bonds. The van der Waals surface area contributed by atoms with Gasteiger partial charge in [-0.05, 0) is 67.2 Å². The van der Waals surface area contributed by atoms with Gasteiger partial charge in [0, 0.05) is 30.8 Å². The van der Waals surface area contributed by atoms with Crippen LogP contribution in [0.5, 0.6) is 0 Å². The lowest BCUT2D eigenvalue weighted by Gasteiger charge is -2.31. The fourth-order valence-corrected chi connectivity index (χ4v) is 4.95. The highest BCUT2D eigenvalue weighted by Gasteiger charge is 2.41. The number of amides is 1. The lowest BCUT2D eigenvalue weighted by atomic mass is 9.80. The summed E-state index contributed by atoms with van der Waals surface area (Å²) in [4.78, 5) is 15.4. The Morgan fingerprint density at radius 1 is 1.21 bits per heavy atom. The van der Waals surface area contributed by atoms with Crippen LogP contribution < -0.4 is 10.4 Å². The van der Waals surface area contributed by atoms with Crippen LogP contribution >= 0.6 is 0 Å². The maximum absolute atomic E-state index is 13.3. The molecule has 4 nitrogen and oxygen atoms in total. The van der Waals surface area contributed by atoms with Crippen LogP contribution in [0.25, 0.3) is 0 Å². The Balaban J connectivity index is 1.63.